The first-order chi connectivity index (χ1) is 7.45. The fourth-order valence-electron chi connectivity index (χ4n) is 1.81. The van der Waals surface area contributed by atoms with Crippen molar-refractivity contribution in [2.24, 2.45) is 0 Å². The molecule has 1 N–H and O–H groups in total. The van der Waals surface area contributed by atoms with E-state index < -0.39 is 17.7 Å². The zero-order valence-corrected chi connectivity index (χ0v) is 9.48. The molecular weight excluding hydrogens is 208 g/mol. The van der Waals surface area contributed by atoms with Gasteiger partial charge >= 0.3 is 5.97 Å². The largest absolute Gasteiger partial charge is 0.484 e. The quantitative estimate of drug-likeness (QED) is 0.734. The van der Waals surface area contributed by atoms with E-state index in [9.17, 15) is 9.90 Å². The monoisotopic (exact) mass is 222 g/mol. The molecule has 0 saturated heterocycles. The Labute approximate surface area is 93.8 Å². The smallest absolute Gasteiger partial charge is 0.337 e. The molecule has 0 amide bonds. The van der Waals surface area contributed by atoms with E-state index in [1.165, 1.54) is 7.11 Å². The van der Waals surface area contributed by atoms with Crippen LogP contribution in [0.2, 0.25) is 0 Å². The lowest BCUT2D eigenvalue weighted by molar-refractivity contribution is 0.000525. The Bertz CT molecular complexity index is 437. The highest BCUT2D eigenvalue weighted by molar-refractivity contribution is 5.90. The Morgan fingerprint density at radius 2 is 2.19 bits per heavy atom. The van der Waals surface area contributed by atoms with Gasteiger partial charge in [0.15, 0.2) is 0 Å². The third-order valence-electron chi connectivity index (χ3n) is 2.76. The van der Waals surface area contributed by atoms with E-state index in [0.717, 1.165) is 0 Å². The third kappa shape index (κ3) is 1.55. The number of methoxy groups -OCH3 is 1. The van der Waals surface area contributed by atoms with Gasteiger partial charge in [0, 0.05) is 5.56 Å². The zero-order chi connectivity index (χ0) is 11.9. The van der Waals surface area contributed by atoms with Gasteiger partial charge in [0.05, 0.1) is 12.7 Å². The Morgan fingerprint density at radius 1 is 1.50 bits per heavy atom. The van der Waals surface area contributed by atoms with Crippen LogP contribution in [0.15, 0.2) is 18.2 Å². The van der Waals surface area contributed by atoms with Gasteiger partial charge in [-0.05, 0) is 26.0 Å². The first-order valence-corrected chi connectivity index (χ1v) is 5.05. The number of aliphatic hydroxyl groups excluding tert-OH is 1. The zero-order valence-electron chi connectivity index (χ0n) is 9.48. The molecule has 0 aliphatic carbocycles. The molecule has 1 aliphatic rings. The second-order valence-electron chi connectivity index (χ2n) is 4.35. The molecule has 1 atom stereocenters. The number of fused-ring (bicyclic) bond motifs is 1. The molecule has 0 radical (unpaired) electrons. The van der Waals surface area contributed by atoms with Gasteiger partial charge < -0.3 is 14.6 Å². The van der Waals surface area contributed by atoms with Crippen LogP contribution in [-0.2, 0) is 4.74 Å². The molecule has 0 saturated carbocycles. The van der Waals surface area contributed by atoms with Crippen LogP contribution in [0, 0.1) is 0 Å². The molecular formula is C12H14O4. The van der Waals surface area contributed by atoms with Crippen molar-refractivity contribution in [2.45, 2.75) is 25.6 Å². The average Bonchev–Trinajstić information content (AvgIpc) is 2.48. The van der Waals surface area contributed by atoms with Crippen molar-refractivity contribution in [3.8, 4) is 5.75 Å². The molecule has 1 aromatic carbocycles. The summed E-state index contributed by atoms with van der Waals surface area (Å²) < 4.78 is 10.2. The van der Waals surface area contributed by atoms with E-state index in [4.69, 9.17) is 4.74 Å². The van der Waals surface area contributed by atoms with Crippen molar-refractivity contribution < 1.29 is 19.4 Å². The first-order valence-electron chi connectivity index (χ1n) is 5.05. The first kappa shape index (κ1) is 11.0. The van der Waals surface area contributed by atoms with Gasteiger partial charge in [0.2, 0.25) is 0 Å². The second kappa shape index (κ2) is 3.49. The number of hydrogen-bond donors (Lipinski definition) is 1. The summed E-state index contributed by atoms with van der Waals surface area (Å²) in [4.78, 5) is 11.3. The fraction of sp³-hybridized carbons (Fsp3) is 0.417. The number of carbonyl (C=O) groups is 1. The summed E-state index contributed by atoms with van der Waals surface area (Å²) >= 11 is 0. The lowest BCUT2D eigenvalue weighted by Crippen LogP contribution is -2.29. The SMILES string of the molecule is COC(=O)c1ccc2c(c1)OC(C)(C)C2O. The fourth-order valence-corrected chi connectivity index (χ4v) is 1.81. The topological polar surface area (TPSA) is 55.8 Å². The molecule has 0 spiro atoms. The number of carbonyl (C=O) groups excluding carboxylic acids is 1. The van der Waals surface area contributed by atoms with Crippen LogP contribution < -0.4 is 4.74 Å². The van der Waals surface area contributed by atoms with Crippen LogP contribution in [0.3, 0.4) is 0 Å². The van der Waals surface area contributed by atoms with Crippen molar-refractivity contribution in [2.75, 3.05) is 7.11 Å². The van der Waals surface area contributed by atoms with Crippen molar-refractivity contribution >= 4 is 5.97 Å². The Kier molecular flexibility index (Phi) is 2.39. The second-order valence-corrected chi connectivity index (χ2v) is 4.35. The summed E-state index contributed by atoms with van der Waals surface area (Å²) in [5, 5.41) is 9.95. The van der Waals surface area contributed by atoms with E-state index in [0.29, 0.717) is 16.9 Å². The molecule has 2 rings (SSSR count). The van der Waals surface area contributed by atoms with Crippen molar-refractivity contribution in [1.29, 1.82) is 0 Å². The minimum absolute atomic E-state index is 0.411. The molecule has 16 heavy (non-hydrogen) atoms. The third-order valence-corrected chi connectivity index (χ3v) is 2.76. The van der Waals surface area contributed by atoms with Crippen LogP contribution in [0.25, 0.3) is 0 Å². The van der Waals surface area contributed by atoms with Crippen LogP contribution in [-0.4, -0.2) is 23.8 Å². The van der Waals surface area contributed by atoms with E-state index in [2.05, 4.69) is 4.74 Å². The van der Waals surface area contributed by atoms with Gasteiger partial charge in [-0.25, -0.2) is 4.79 Å². The molecule has 1 heterocycles. The highest BCUT2D eigenvalue weighted by Gasteiger charge is 2.40. The summed E-state index contributed by atoms with van der Waals surface area (Å²) in [6.07, 6.45) is -0.672. The summed E-state index contributed by atoms with van der Waals surface area (Å²) in [7, 11) is 1.33. The minimum atomic E-state index is -0.672. The van der Waals surface area contributed by atoms with Crippen molar-refractivity contribution in [3.05, 3.63) is 29.3 Å². The van der Waals surface area contributed by atoms with Crippen molar-refractivity contribution in [1.82, 2.24) is 0 Å². The lowest BCUT2D eigenvalue weighted by Gasteiger charge is -2.21. The molecule has 4 heteroatoms. The van der Waals surface area contributed by atoms with E-state index in [1.807, 2.05) is 0 Å². The van der Waals surface area contributed by atoms with Gasteiger partial charge in [0.25, 0.3) is 0 Å². The molecule has 86 valence electrons. The van der Waals surface area contributed by atoms with E-state index in [-0.39, 0.29) is 0 Å². The summed E-state index contributed by atoms with van der Waals surface area (Å²) in [5.41, 5.74) is 0.473. The van der Waals surface area contributed by atoms with Gasteiger partial charge in [-0.3, -0.25) is 0 Å². The predicted octanol–water partition coefficient (Wildman–Crippen LogP) is 1.68. The minimum Gasteiger partial charge on any atom is -0.484 e. The van der Waals surface area contributed by atoms with E-state index in [1.54, 1.807) is 32.0 Å². The molecule has 0 fully saturated rings. The maximum atomic E-state index is 11.3. The number of rotatable bonds is 1. The standard InChI is InChI=1S/C12H14O4/c1-12(2)10(13)8-5-4-7(11(14)15-3)6-9(8)16-12/h4-6,10,13H,1-3H3. The molecule has 4 nitrogen and oxygen atoms in total. The van der Waals surface area contributed by atoms with Crippen LogP contribution in [0.4, 0.5) is 0 Å². The summed E-state index contributed by atoms with van der Waals surface area (Å²) in [6.45, 7) is 3.60. The van der Waals surface area contributed by atoms with Crippen LogP contribution in [0.5, 0.6) is 5.75 Å². The highest BCUT2D eigenvalue weighted by atomic mass is 16.5. The molecule has 1 aliphatic heterocycles. The maximum Gasteiger partial charge on any atom is 0.337 e. The van der Waals surface area contributed by atoms with Gasteiger partial charge in [0.1, 0.15) is 17.5 Å². The summed E-state index contributed by atoms with van der Waals surface area (Å²) in [5.74, 6) is 0.131. The molecule has 0 aromatic heterocycles. The number of hydrogen-bond acceptors (Lipinski definition) is 4. The van der Waals surface area contributed by atoms with E-state index >= 15 is 0 Å². The van der Waals surface area contributed by atoms with Gasteiger partial charge in [-0.15, -0.1) is 0 Å². The highest BCUT2D eigenvalue weighted by Crippen LogP contribution is 2.43. The maximum absolute atomic E-state index is 11.3. The number of benzene rings is 1. The lowest BCUT2D eigenvalue weighted by atomic mass is 9.97. The Morgan fingerprint density at radius 3 is 2.81 bits per heavy atom. The average molecular weight is 222 g/mol. The van der Waals surface area contributed by atoms with Gasteiger partial charge in [-0.1, -0.05) is 6.07 Å². The van der Waals surface area contributed by atoms with Crippen molar-refractivity contribution in [3.63, 3.8) is 0 Å². The summed E-state index contributed by atoms with van der Waals surface area (Å²) in [6, 6.07) is 4.92. The molecule has 1 unspecified atom stereocenters. The molecule has 1 aromatic rings. The predicted molar refractivity (Wildman–Crippen MR) is 57.4 cm³/mol. The number of esters is 1. The van der Waals surface area contributed by atoms with Crippen LogP contribution in [0.1, 0.15) is 35.9 Å². The molecule has 0 bridgehead atoms. The number of aliphatic hydroxyl groups is 1. The number of ether oxygens (including phenoxy) is 2. The van der Waals surface area contributed by atoms with Crippen LogP contribution >= 0.6 is 0 Å². The Balaban J connectivity index is 2.41. The normalized spacial score (nSPS) is 21.1. The Hall–Kier alpha value is -1.55. The van der Waals surface area contributed by atoms with Gasteiger partial charge in [-0.2, -0.15) is 0 Å².